The monoisotopic (exact) mass is 440 g/mol. The minimum absolute atomic E-state index is 0.0235. The summed E-state index contributed by atoms with van der Waals surface area (Å²) in [7, 11) is 1.41. The topological polar surface area (TPSA) is 108 Å². The van der Waals surface area contributed by atoms with Gasteiger partial charge in [0.15, 0.2) is 17.6 Å². The van der Waals surface area contributed by atoms with E-state index < -0.39 is 24.0 Å². The highest BCUT2D eigenvalue weighted by atomic mass is 16.6. The maximum atomic E-state index is 12.0. The fourth-order valence-electron chi connectivity index (χ4n) is 2.49. The van der Waals surface area contributed by atoms with Crippen molar-refractivity contribution < 1.29 is 38.4 Å². The van der Waals surface area contributed by atoms with Crippen LogP contribution >= 0.6 is 0 Å². The molecule has 0 saturated heterocycles. The molecule has 2 rings (SSSR count). The van der Waals surface area contributed by atoms with Crippen LogP contribution in [0, 0.1) is 0 Å². The van der Waals surface area contributed by atoms with Crippen LogP contribution in [0.1, 0.15) is 18.1 Å². The summed E-state index contributed by atoms with van der Waals surface area (Å²) in [5.41, 5.74) is 1.43. The summed E-state index contributed by atoms with van der Waals surface area (Å²) in [6, 6.07) is 13.7. The average molecular weight is 440 g/mol. The van der Waals surface area contributed by atoms with Crippen molar-refractivity contribution in [3.05, 3.63) is 71.8 Å². The molecule has 0 aliphatic heterocycles. The van der Waals surface area contributed by atoms with E-state index in [4.69, 9.17) is 18.9 Å². The largest absolute Gasteiger partial charge is 0.504 e. The van der Waals surface area contributed by atoms with Gasteiger partial charge < -0.3 is 24.1 Å². The molecule has 0 amide bonds. The van der Waals surface area contributed by atoms with E-state index in [9.17, 15) is 19.5 Å². The number of ether oxygens (including phenoxy) is 4. The number of aromatic hydroxyl groups is 1. The van der Waals surface area contributed by atoms with Gasteiger partial charge in [-0.15, -0.1) is 0 Å². The third-order valence-corrected chi connectivity index (χ3v) is 3.98. The van der Waals surface area contributed by atoms with Crippen molar-refractivity contribution in [2.45, 2.75) is 13.0 Å². The van der Waals surface area contributed by atoms with Gasteiger partial charge in [0, 0.05) is 19.1 Å². The van der Waals surface area contributed by atoms with Crippen molar-refractivity contribution in [3.63, 3.8) is 0 Å². The van der Waals surface area contributed by atoms with Crippen molar-refractivity contribution in [2.24, 2.45) is 0 Å². The van der Waals surface area contributed by atoms with Crippen LogP contribution < -0.4 is 4.74 Å². The third kappa shape index (κ3) is 8.74. The molecule has 0 spiro atoms. The molecule has 1 unspecified atom stereocenters. The van der Waals surface area contributed by atoms with Crippen LogP contribution in [0.3, 0.4) is 0 Å². The van der Waals surface area contributed by atoms with Crippen molar-refractivity contribution in [2.75, 3.05) is 20.3 Å². The van der Waals surface area contributed by atoms with Gasteiger partial charge in [-0.2, -0.15) is 0 Å². The van der Waals surface area contributed by atoms with Gasteiger partial charge in [-0.05, 0) is 35.4 Å². The second kappa shape index (κ2) is 12.6. The molecule has 32 heavy (non-hydrogen) atoms. The predicted octanol–water partition coefficient (Wildman–Crippen LogP) is 3.15. The molecule has 0 fully saturated rings. The number of esters is 3. The fraction of sp³-hybridized carbons (Fsp3) is 0.208. The van der Waals surface area contributed by atoms with Crippen LogP contribution in [-0.2, 0) is 28.6 Å². The number of carbonyl (C=O) groups excluding carboxylic acids is 3. The molecule has 0 saturated carbocycles. The number of rotatable bonds is 10. The summed E-state index contributed by atoms with van der Waals surface area (Å²) in [5.74, 6) is -1.68. The minimum Gasteiger partial charge on any atom is -0.504 e. The molecule has 8 heteroatoms. The Morgan fingerprint density at radius 1 is 0.906 bits per heavy atom. The summed E-state index contributed by atoms with van der Waals surface area (Å²) in [5, 5.41) is 9.59. The van der Waals surface area contributed by atoms with E-state index in [1.807, 2.05) is 30.3 Å². The highest BCUT2D eigenvalue weighted by Crippen LogP contribution is 2.26. The van der Waals surface area contributed by atoms with Gasteiger partial charge in [-0.25, -0.2) is 9.59 Å². The molecule has 0 aliphatic rings. The number of hydrogen-bond acceptors (Lipinski definition) is 8. The van der Waals surface area contributed by atoms with Gasteiger partial charge in [-0.1, -0.05) is 36.4 Å². The SMILES string of the molecule is COc1cc(/C=C/C(=O)OCC(COC(=O)C=Cc2ccccc2)OC(C)=O)ccc1O. The molecular formula is C24H24O8. The Morgan fingerprint density at radius 2 is 1.50 bits per heavy atom. The number of hydrogen-bond donors (Lipinski definition) is 1. The molecular weight excluding hydrogens is 416 g/mol. The zero-order chi connectivity index (χ0) is 23.3. The van der Waals surface area contributed by atoms with E-state index in [1.165, 1.54) is 38.3 Å². The maximum absolute atomic E-state index is 12.0. The van der Waals surface area contributed by atoms with Crippen LogP contribution in [-0.4, -0.2) is 49.4 Å². The van der Waals surface area contributed by atoms with Crippen LogP contribution in [0.15, 0.2) is 60.7 Å². The molecule has 168 valence electrons. The standard InChI is InChI=1S/C24H24O8/c1-17(25)32-20(15-30-23(27)12-9-18-6-4-3-5-7-18)16-31-24(28)13-10-19-8-11-21(26)22(14-19)29-2/h3-14,20,26H,15-16H2,1-2H3/b12-9?,13-10+. The molecule has 0 radical (unpaired) electrons. The highest BCUT2D eigenvalue weighted by molar-refractivity contribution is 5.87. The first kappa shape index (κ1) is 24.2. The summed E-state index contributed by atoms with van der Waals surface area (Å²) in [6.45, 7) is 0.630. The summed E-state index contributed by atoms with van der Waals surface area (Å²) in [6.07, 6.45) is 4.53. The normalized spacial score (nSPS) is 11.8. The second-order valence-corrected chi connectivity index (χ2v) is 6.50. The lowest BCUT2D eigenvalue weighted by atomic mass is 10.2. The zero-order valence-corrected chi connectivity index (χ0v) is 17.7. The Bertz CT molecular complexity index is 979. The van der Waals surface area contributed by atoms with Crippen molar-refractivity contribution in [3.8, 4) is 11.5 Å². The Hall–Kier alpha value is -4.07. The quantitative estimate of drug-likeness (QED) is 0.341. The van der Waals surface area contributed by atoms with E-state index in [0.29, 0.717) is 5.56 Å². The second-order valence-electron chi connectivity index (χ2n) is 6.50. The van der Waals surface area contributed by atoms with Gasteiger partial charge in [0.25, 0.3) is 0 Å². The molecule has 0 heterocycles. The Labute approximate surface area is 185 Å². The van der Waals surface area contributed by atoms with E-state index in [0.717, 1.165) is 5.56 Å². The lowest BCUT2D eigenvalue weighted by Gasteiger charge is -2.16. The first-order valence-corrected chi connectivity index (χ1v) is 9.66. The smallest absolute Gasteiger partial charge is 0.330 e. The summed E-state index contributed by atoms with van der Waals surface area (Å²) < 4.78 is 20.2. The van der Waals surface area contributed by atoms with Crippen molar-refractivity contribution in [1.29, 1.82) is 0 Å². The van der Waals surface area contributed by atoms with Crippen LogP contribution in [0.4, 0.5) is 0 Å². The van der Waals surface area contributed by atoms with Crippen LogP contribution in [0.25, 0.3) is 12.2 Å². The lowest BCUT2D eigenvalue weighted by Crippen LogP contribution is -2.29. The van der Waals surface area contributed by atoms with Gasteiger partial charge in [0.1, 0.15) is 13.2 Å². The number of benzene rings is 2. The summed E-state index contributed by atoms with van der Waals surface area (Å²) in [4.78, 5) is 35.1. The fourth-order valence-corrected chi connectivity index (χ4v) is 2.49. The number of methoxy groups -OCH3 is 1. The molecule has 0 aliphatic carbocycles. The van der Waals surface area contributed by atoms with Crippen LogP contribution in [0.2, 0.25) is 0 Å². The van der Waals surface area contributed by atoms with Crippen molar-refractivity contribution >= 4 is 30.1 Å². The predicted molar refractivity (Wildman–Crippen MR) is 117 cm³/mol. The Morgan fingerprint density at radius 3 is 2.06 bits per heavy atom. The molecule has 2 aromatic carbocycles. The third-order valence-electron chi connectivity index (χ3n) is 3.98. The molecule has 0 aromatic heterocycles. The maximum Gasteiger partial charge on any atom is 0.330 e. The zero-order valence-electron chi connectivity index (χ0n) is 17.7. The van der Waals surface area contributed by atoms with Crippen molar-refractivity contribution in [1.82, 2.24) is 0 Å². The Kier molecular flexibility index (Phi) is 9.52. The molecule has 1 atom stereocenters. The van der Waals surface area contributed by atoms with E-state index in [1.54, 1.807) is 18.2 Å². The average Bonchev–Trinajstić information content (AvgIpc) is 2.79. The summed E-state index contributed by atoms with van der Waals surface area (Å²) >= 11 is 0. The highest BCUT2D eigenvalue weighted by Gasteiger charge is 2.16. The molecule has 1 N–H and O–H groups in total. The number of carbonyl (C=O) groups is 3. The van der Waals surface area contributed by atoms with Crippen LogP contribution in [0.5, 0.6) is 11.5 Å². The van der Waals surface area contributed by atoms with Gasteiger partial charge in [0.2, 0.25) is 0 Å². The van der Waals surface area contributed by atoms with E-state index in [-0.39, 0.29) is 24.7 Å². The van der Waals surface area contributed by atoms with Gasteiger partial charge in [-0.3, -0.25) is 4.79 Å². The van der Waals surface area contributed by atoms with E-state index >= 15 is 0 Å². The molecule has 2 aromatic rings. The Balaban J connectivity index is 1.85. The van der Waals surface area contributed by atoms with Gasteiger partial charge in [0.05, 0.1) is 7.11 Å². The lowest BCUT2D eigenvalue weighted by molar-refractivity contribution is -0.162. The molecule has 8 nitrogen and oxygen atoms in total. The number of phenolic OH excluding ortho intramolecular Hbond substituents is 1. The first-order chi connectivity index (χ1) is 15.4. The van der Waals surface area contributed by atoms with E-state index in [2.05, 4.69) is 0 Å². The number of phenols is 1. The minimum atomic E-state index is -0.951. The first-order valence-electron chi connectivity index (χ1n) is 9.66. The van der Waals surface area contributed by atoms with Gasteiger partial charge >= 0.3 is 17.9 Å². The molecule has 0 bridgehead atoms.